The summed E-state index contributed by atoms with van der Waals surface area (Å²) < 4.78 is 11.0. The average molecular weight is 340 g/mol. The standard InChI is InChI=1S/C20H24N2O3/c23-20(22-11-4-7-16-5-2-1-3-6-16)10-12-21-17-8-9-18-19(15-17)25-14-13-24-18/h1-3,5-6,8-9,15,21H,4,7,10-14H2,(H,22,23). The van der Waals surface area contributed by atoms with Crippen LogP contribution < -0.4 is 20.1 Å². The molecule has 0 radical (unpaired) electrons. The van der Waals surface area contributed by atoms with Crippen molar-refractivity contribution >= 4 is 11.6 Å². The fourth-order valence-electron chi connectivity index (χ4n) is 2.73. The molecule has 0 saturated heterocycles. The summed E-state index contributed by atoms with van der Waals surface area (Å²) in [5.41, 5.74) is 2.23. The number of hydrogen-bond acceptors (Lipinski definition) is 4. The number of rotatable bonds is 8. The molecule has 0 aromatic heterocycles. The van der Waals surface area contributed by atoms with Gasteiger partial charge in [0.05, 0.1) is 0 Å². The van der Waals surface area contributed by atoms with Gasteiger partial charge in [-0.15, -0.1) is 0 Å². The molecule has 25 heavy (non-hydrogen) atoms. The Bertz CT molecular complexity index is 689. The molecule has 0 unspecified atom stereocenters. The maximum Gasteiger partial charge on any atom is 0.221 e. The van der Waals surface area contributed by atoms with Crippen molar-refractivity contribution in [1.82, 2.24) is 5.32 Å². The van der Waals surface area contributed by atoms with Crippen LogP contribution in [0.15, 0.2) is 48.5 Å². The lowest BCUT2D eigenvalue weighted by Crippen LogP contribution is -2.26. The predicted octanol–water partition coefficient (Wildman–Crippen LogP) is 3.01. The summed E-state index contributed by atoms with van der Waals surface area (Å²) in [5.74, 6) is 1.59. The van der Waals surface area contributed by atoms with Gasteiger partial charge in [0.1, 0.15) is 13.2 Å². The zero-order chi connectivity index (χ0) is 17.3. The molecule has 2 aromatic rings. The quantitative estimate of drug-likeness (QED) is 0.725. The Balaban J connectivity index is 1.31. The third-order valence-electron chi connectivity index (χ3n) is 4.03. The number of hydrogen-bond donors (Lipinski definition) is 2. The number of amides is 1. The first kappa shape index (κ1) is 17.1. The lowest BCUT2D eigenvalue weighted by Gasteiger charge is -2.19. The van der Waals surface area contributed by atoms with Gasteiger partial charge in [-0.2, -0.15) is 0 Å². The summed E-state index contributed by atoms with van der Waals surface area (Å²) in [6.45, 7) is 2.45. The molecule has 1 aliphatic rings. The van der Waals surface area contributed by atoms with Crippen molar-refractivity contribution in [2.75, 3.05) is 31.6 Å². The Morgan fingerprint density at radius 3 is 2.60 bits per heavy atom. The van der Waals surface area contributed by atoms with Crippen LogP contribution in [0.3, 0.4) is 0 Å². The van der Waals surface area contributed by atoms with Crippen LogP contribution in [0.5, 0.6) is 11.5 Å². The van der Waals surface area contributed by atoms with Gasteiger partial charge in [0.25, 0.3) is 0 Å². The first-order valence-electron chi connectivity index (χ1n) is 8.75. The van der Waals surface area contributed by atoms with E-state index in [-0.39, 0.29) is 5.91 Å². The third kappa shape index (κ3) is 5.41. The maximum atomic E-state index is 11.9. The molecule has 2 N–H and O–H groups in total. The molecule has 1 aliphatic heterocycles. The molecular weight excluding hydrogens is 316 g/mol. The van der Waals surface area contributed by atoms with Crippen LogP contribution in [0.1, 0.15) is 18.4 Å². The minimum absolute atomic E-state index is 0.0677. The largest absolute Gasteiger partial charge is 0.486 e. The number of carbonyl (C=O) groups is 1. The maximum absolute atomic E-state index is 11.9. The Kier molecular flexibility index (Phi) is 6.15. The molecule has 0 atom stereocenters. The minimum Gasteiger partial charge on any atom is -0.486 e. The fraction of sp³-hybridized carbons (Fsp3) is 0.350. The highest BCUT2D eigenvalue weighted by atomic mass is 16.6. The molecule has 1 amide bonds. The number of carbonyl (C=O) groups excluding carboxylic acids is 1. The topological polar surface area (TPSA) is 59.6 Å². The molecule has 0 saturated carbocycles. The highest BCUT2D eigenvalue weighted by Crippen LogP contribution is 2.32. The molecule has 5 nitrogen and oxygen atoms in total. The third-order valence-corrected chi connectivity index (χ3v) is 4.03. The molecule has 1 heterocycles. The molecule has 132 valence electrons. The number of aryl methyl sites for hydroxylation is 1. The second-order valence-corrected chi connectivity index (χ2v) is 5.97. The normalized spacial score (nSPS) is 12.5. The Morgan fingerprint density at radius 2 is 1.76 bits per heavy atom. The van der Waals surface area contributed by atoms with E-state index in [1.807, 2.05) is 36.4 Å². The van der Waals surface area contributed by atoms with E-state index in [0.717, 1.165) is 30.0 Å². The van der Waals surface area contributed by atoms with Crippen LogP contribution in [0, 0.1) is 0 Å². The predicted molar refractivity (Wildman–Crippen MR) is 98.3 cm³/mol. The van der Waals surface area contributed by atoms with Crippen molar-refractivity contribution in [2.45, 2.75) is 19.3 Å². The van der Waals surface area contributed by atoms with Crippen molar-refractivity contribution < 1.29 is 14.3 Å². The lowest BCUT2D eigenvalue weighted by molar-refractivity contribution is -0.120. The number of fused-ring (bicyclic) bond motifs is 1. The van der Waals surface area contributed by atoms with Crippen LogP contribution in [0.2, 0.25) is 0 Å². The molecule has 0 aliphatic carbocycles. The molecule has 5 heteroatoms. The smallest absolute Gasteiger partial charge is 0.221 e. The number of anilines is 1. The summed E-state index contributed by atoms with van der Waals surface area (Å²) in [6.07, 6.45) is 2.38. The zero-order valence-corrected chi connectivity index (χ0v) is 14.3. The first-order chi connectivity index (χ1) is 12.3. The van der Waals surface area contributed by atoms with E-state index < -0.39 is 0 Å². The SMILES string of the molecule is O=C(CCNc1ccc2c(c1)OCCO2)NCCCc1ccccc1. The molecule has 0 fully saturated rings. The van der Waals surface area contributed by atoms with Gasteiger partial charge >= 0.3 is 0 Å². The molecule has 2 aromatic carbocycles. The monoisotopic (exact) mass is 340 g/mol. The van der Waals surface area contributed by atoms with E-state index in [1.165, 1.54) is 5.56 Å². The summed E-state index contributed by atoms with van der Waals surface area (Å²) in [5, 5.41) is 6.21. The number of nitrogens with one attached hydrogen (secondary N) is 2. The van der Waals surface area contributed by atoms with Gasteiger partial charge in [-0.3, -0.25) is 4.79 Å². The second kappa shape index (κ2) is 8.97. The van der Waals surface area contributed by atoms with Crippen molar-refractivity contribution in [3.63, 3.8) is 0 Å². The first-order valence-corrected chi connectivity index (χ1v) is 8.75. The number of benzene rings is 2. The van der Waals surface area contributed by atoms with Gasteiger partial charge in [-0.1, -0.05) is 30.3 Å². The highest BCUT2D eigenvalue weighted by molar-refractivity contribution is 5.76. The van der Waals surface area contributed by atoms with Crippen molar-refractivity contribution in [2.24, 2.45) is 0 Å². The summed E-state index contributed by atoms with van der Waals surface area (Å²) in [4.78, 5) is 11.9. The lowest BCUT2D eigenvalue weighted by atomic mass is 10.1. The minimum atomic E-state index is 0.0677. The van der Waals surface area contributed by atoms with Gasteiger partial charge in [-0.25, -0.2) is 0 Å². The average Bonchev–Trinajstić information content (AvgIpc) is 2.66. The molecule has 0 bridgehead atoms. The van der Waals surface area contributed by atoms with Crippen molar-refractivity contribution in [3.05, 3.63) is 54.1 Å². The Labute approximate surface area is 148 Å². The Hall–Kier alpha value is -2.69. The van der Waals surface area contributed by atoms with Crippen LogP contribution in [-0.2, 0) is 11.2 Å². The van der Waals surface area contributed by atoms with Gasteiger partial charge in [0, 0.05) is 31.3 Å². The van der Waals surface area contributed by atoms with Crippen LogP contribution in [-0.4, -0.2) is 32.2 Å². The molecular formula is C20H24N2O3. The second-order valence-electron chi connectivity index (χ2n) is 5.97. The highest BCUT2D eigenvalue weighted by Gasteiger charge is 2.11. The van der Waals surface area contributed by atoms with E-state index in [1.54, 1.807) is 0 Å². The fourth-order valence-corrected chi connectivity index (χ4v) is 2.73. The van der Waals surface area contributed by atoms with Crippen LogP contribution in [0.25, 0.3) is 0 Å². The molecule has 0 spiro atoms. The Morgan fingerprint density at radius 1 is 0.960 bits per heavy atom. The zero-order valence-electron chi connectivity index (χ0n) is 14.3. The van der Waals surface area contributed by atoms with Crippen molar-refractivity contribution in [3.8, 4) is 11.5 Å². The van der Waals surface area contributed by atoms with Crippen LogP contribution in [0.4, 0.5) is 5.69 Å². The van der Waals surface area contributed by atoms with E-state index in [0.29, 0.717) is 32.7 Å². The van der Waals surface area contributed by atoms with E-state index in [4.69, 9.17) is 9.47 Å². The summed E-state index contributed by atoms with van der Waals surface area (Å²) in [6, 6.07) is 16.0. The summed E-state index contributed by atoms with van der Waals surface area (Å²) >= 11 is 0. The van der Waals surface area contributed by atoms with E-state index in [2.05, 4.69) is 22.8 Å². The van der Waals surface area contributed by atoms with E-state index >= 15 is 0 Å². The van der Waals surface area contributed by atoms with E-state index in [9.17, 15) is 4.79 Å². The van der Waals surface area contributed by atoms with Crippen LogP contribution >= 0.6 is 0 Å². The van der Waals surface area contributed by atoms with Gasteiger partial charge in [-0.05, 0) is 30.5 Å². The van der Waals surface area contributed by atoms with Gasteiger partial charge in [0.2, 0.25) is 5.91 Å². The summed E-state index contributed by atoms with van der Waals surface area (Å²) in [7, 11) is 0. The van der Waals surface area contributed by atoms with Gasteiger partial charge < -0.3 is 20.1 Å². The van der Waals surface area contributed by atoms with Crippen molar-refractivity contribution in [1.29, 1.82) is 0 Å². The number of ether oxygens (including phenoxy) is 2. The molecule has 3 rings (SSSR count). The van der Waals surface area contributed by atoms with Gasteiger partial charge in [0.15, 0.2) is 11.5 Å².